The number of ketones is 2. The molecule has 0 spiro atoms. The lowest BCUT2D eigenvalue weighted by Crippen LogP contribution is -2.47. The maximum Gasteiger partial charge on any atom is 0.198 e. The van der Waals surface area contributed by atoms with Gasteiger partial charge in [0.2, 0.25) is 0 Å². The fourth-order valence-corrected chi connectivity index (χ4v) is 3.38. The zero-order valence-corrected chi connectivity index (χ0v) is 16.1. The number of unbranched alkanes of at least 4 members (excludes halogenated alkanes) is 4. The van der Waals surface area contributed by atoms with E-state index in [0.29, 0.717) is 17.8 Å². The first-order valence-electron chi connectivity index (χ1n) is 9.62. The van der Waals surface area contributed by atoms with Gasteiger partial charge in [-0.25, -0.2) is 0 Å². The molecule has 0 fully saturated rings. The van der Waals surface area contributed by atoms with Crippen LogP contribution < -0.4 is 0 Å². The maximum absolute atomic E-state index is 12.7. The highest BCUT2D eigenvalue weighted by atomic mass is 16.5. The number of hydrogen-bond donors (Lipinski definition) is 1. The Hall–Kier alpha value is -1.94. The predicted molar refractivity (Wildman–Crippen MR) is 102 cm³/mol. The second kappa shape index (κ2) is 9.13. The van der Waals surface area contributed by atoms with Crippen LogP contribution in [-0.4, -0.2) is 22.3 Å². The number of aliphatic hydroxyl groups is 1. The van der Waals surface area contributed by atoms with Crippen molar-refractivity contribution in [3.05, 3.63) is 47.5 Å². The van der Waals surface area contributed by atoms with E-state index < -0.39 is 11.5 Å². The summed E-state index contributed by atoms with van der Waals surface area (Å²) >= 11 is 0. The summed E-state index contributed by atoms with van der Waals surface area (Å²) in [5.41, 5.74) is -0.490. The first kappa shape index (κ1) is 20.4. The molecule has 4 nitrogen and oxygen atoms in total. The molecule has 26 heavy (non-hydrogen) atoms. The highest BCUT2D eigenvalue weighted by Gasteiger charge is 2.45. The zero-order chi connectivity index (χ0) is 19.2. The zero-order valence-electron chi connectivity index (χ0n) is 16.1. The van der Waals surface area contributed by atoms with E-state index >= 15 is 0 Å². The van der Waals surface area contributed by atoms with Gasteiger partial charge < -0.3 is 9.84 Å². The Morgan fingerprint density at radius 3 is 2.73 bits per heavy atom. The molecule has 4 heteroatoms. The first-order valence-corrected chi connectivity index (χ1v) is 9.62. The summed E-state index contributed by atoms with van der Waals surface area (Å²) in [7, 11) is 0. The number of carbonyl (C=O) groups is 2. The molecule has 2 aliphatic rings. The summed E-state index contributed by atoms with van der Waals surface area (Å²) in [6, 6.07) is 0. The van der Waals surface area contributed by atoms with Gasteiger partial charge in [0, 0.05) is 18.8 Å². The Labute approximate surface area is 156 Å². The van der Waals surface area contributed by atoms with Crippen molar-refractivity contribution in [2.75, 3.05) is 0 Å². The quantitative estimate of drug-likeness (QED) is 0.614. The van der Waals surface area contributed by atoms with Crippen molar-refractivity contribution in [1.82, 2.24) is 0 Å². The van der Waals surface area contributed by atoms with Crippen molar-refractivity contribution in [3.8, 4) is 0 Å². The molecule has 0 radical (unpaired) electrons. The third-order valence-electron chi connectivity index (χ3n) is 5.07. The maximum atomic E-state index is 12.7. The summed E-state index contributed by atoms with van der Waals surface area (Å²) in [5.74, 6) is -0.149. The topological polar surface area (TPSA) is 63.6 Å². The number of rotatable bonds is 9. The summed E-state index contributed by atoms with van der Waals surface area (Å²) in [6.45, 7) is 5.54. The summed E-state index contributed by atoms with van der Waals surface area (Å²) in [5, 5.41) is 10.7. The second-order valence-corrected chi connectivity index (χ2v) is 7.31. The standard InChI is InChI=1S/C22H30O4/c1-4-6-7-8-9-11-18(23)14-17-12-16-13-19(10-5-2)26-15-20(16)21(24)22(17,3)25/h5,10,12-13,15,17,25H,4,6-9,11,14H2,1-3H3. The van der Waals surface area contributed by atoms with Gasteiger partial charge in [0.15, 0.2) is 5.78 Å². The summed E-state index contributed by atoms with van der Waals surface area (Å²) in [6.07, 6.45) is 14.8. The minimum Gasteiger partial charge on any atom is -0.464 e. The molecule has 142 valence electrons. The highest BCUT2D eigenvalue weighted by molar-refractivity contribution is 6.07. The molecule has 2 unspecified atom stereocenters. The average molecular weight is 358 g/mol. The van der Waals surface area contributed by atoms with Crippen LogP contribution in [0.25, 0.3) is 0 Å². The fraction of sp³-hybridized carbons (Fsp3) is 0.545. The van der Waals surface area contributed by atoms with Crippen LogP contribution in [0.15, 0.2) is 47.5 Å². The van der Waals surface area contributed by atoms with E-state index in [-0.39, 0.29) is 18.0 Å². The van der Waals surface area contributed by atoms with E-state index in [1.807, 2.05) is 25.2 Å². The molecule has 1 aliphatic carbocycles. The van der Waals surface area contributed by atoms with Gasteiger partial charge in [-0.2, -0.15) is 0 Å². The molecule has 2 atom stereocenters. The van der Waals surface area contributed by atoms with Crippen LogP contribution in [0.2, 0.25) is 0 Å². The van der Waals surface area contributed by atoms with Gasteiger partial charge in [-0.15, -0.1) is 0 Å². The molecular formula is C22H30O4. The lowest BCUT2D eigenvalue weighted by molar-refractivity contribution is -0.137. The van der Waals surface area contributed by atoms with Crippen LogP contribution in [0, 0.1) is 5.92 Å². The van der Waals surface area contributed by atoms with Crippen molar-refractivity contribution in [2.24, 2.45) is 5.92 Å². The van der Waals surface area contributed by atoms with E-state index in [4.69, 9.17) is 4.74 Å². The monoisotopic (exact) mass is 358 g/mol. The molecular weight excluding hydrogens is 328 g/mol. The number of ether oxygens (including phenoxy) is 1. The van der Waals surface area contributed by atoms with E-state index in [2.05, 4.69) is 6.92 Å². The smallest absolute Gasteiger partial charge is 0.198 e. The van der Waals surface area contributed by atoms with Crippen LogP contribution in [0.3, 0.4) is 0 Å². The molecule has 0 aromatic carbocycles. The fourth-order valence-electron chi connectivity index (χ4n) is 3.38. The molecule has 0 bridgehead atoms. The lowest BCUT2D eigenvalue weighted by atomic mass is 9.72. The normalized spacial score (nSPS) is 25.3. The molecule has 0 aromatic rings. The lowest BCUT2D eigenvalue weighted by Gasteiger charge is -2.35. The average Bonchev–Trinajstić information content (AvgIpc) is 2.60. The van der Waals surface area contributed by atoms with Gasteiger partial charge in [-0.1, -0.05) is 44.8 Å². The van der Waals surface area contributed by atoms with Gasteiger partial charge in [0.05, 0.1) is 5.57 Å². The van der Waals surface area contributed by atoms with Crippen molar-refractivity contribution in [2.45, 2.75) is 71.3 Å². The first-order chi connectivity index (χ1) is 12.4. The van der Waals surface area contributed by atoms with Crippen molar-refractivity contribution >= 4 is 11.6 Å². The number of allylic oxidation sites excluding steroid dienone is 4. The largest absolute Gasteiger partial charge is 0.464 e. The third kappa shape index (κ3) is 4.82. The molecule has 1 heterocycles. The highest BCUT2D eigenvalue weighted by Crippen LogP contribution is 2.38. The molecule has 0 aromatic heterocycles. The van der Waals surface area contributed by atoms with Gasteiger partial charge in [0.25, 0.3) is 0 Å². The molecule has 2 rings (SSSR count). The van der Waals surface area contributed by atoms with Crippen LogP contribution in [0.4, 0.5) is 0 Å². The minimum absolute atomic E-state index is 0.105. The van der Waals surface area contributed by atoms with Crippen LogP contribution >= 0.6 is 0 Å². The Morgan fingerprint density at radius 2 is 2.04 bits per heavy atom. The van der Waals surface area contributed by atoms with Crippen molar-refractivity contribution in [1.29, 1.82) is 0 Å². The molecule has 1 aliphatic heterocycles. The molecule has 0 saturated heterocycles. The number of fused-ring (bicyclic) bond motifs is 1. The number of hydrogen-bond acceptors (Lipinski definition) is 4. The third-order valence-corrected chi connectivity index (χ3v) is 5.07. The van der Waals surface area contributed by atoms with E-state index in [0.717, 1.165) is 24.8 Å². The van der Waals surface area contributed by atoms with Crippen molar-refractivity contribution in [3.63, 3.8) is 0 Å². The number of carbonyl (C=O) groups excluding carboxylic acids is 2. The van der Waals surface area contributed by atoms with Gasteiger partial charge in [-0.05, 0) is 38.0 Å². The Morgan fingerprint density at radius 1 is 1.31 bits per heavy atom. The Balaban J connectivity index is 2.08. The van der Waals surface area contributed by atoms with Crippen LogP contribution in [-0.2, 0) is 14.3 Å². The second-order valence-electron chi connectivity index (χ2n) is 7.31. The van der Waals surface area contributed by atoms with Gasteiger partial charge >= 0.3 is 0 Å². The molecule has 1 N–H and O–H groups in total. The van der Waals surface area contributed by atoms with Gasteiger partial charge in [0.1, 0.15) is 23.4 Å². The minimum atomic E-state index is -1.58. The van der Waals surface area contributed by atoms with Crippen LogP contribution in [0.5, 0.6) is 0 Å². The Bertz CT molecular complexity index is 662. The van der Waals surface area contributed by atoms with E-state index in [1.165, 1.54) is 26.0 Å². The predicted octanol–water partition coefficient (Wildman–Crippen LogP) is 4.56. The summed E-state index contributed by atoms with van der Waals surface area (Å²) < 4.78 is 5.43. The van der Waals surface area contributed by atoms with Gasteiger partial charge in [-0.3, -0.25) is 9.59 Å². The van der Waals surface area contributed by atoms with E-state index in [1.54, 1.807) is 6.08 Å². The molecule has 0 saturated carbocycles. The summed E-state index contributed by atoms with van der Waals surface area (Å²) in [4.78, 5) is 25.0. The molecule has 0 amide bonds. The number of Topliss-reactive ketones (excluding diaryl/α,β-unsaturated/α-hetero) is 2. The van der Waals surface area contributed by atoms with E-state index in [9.17, 15) is 14.7 Å². The Kier molecular flexibility index (Phi) is 7.15. The van der Waals surface area contributed by atoms with Crippen LogP contribution in [0.1, 0.15) is 65.7 Å². The van der Waals surface area contributed by atoms with Crippen molar-refractivity contribution < 1.29 is 19.4 Å². The SMILES string of the molecule is CC=CC1=CC2=CC(CC(=O)CCCCCCC)C(C)(O)C(=O)C2=CO1.